The summed E-state index contributed by atoms with van der Waals surface area (Å²) in [4.78, 5) is 16.3. The number of hydrogen-bond acceptors (Lipinski definition) is 4. The van der Waals surface area contributed by atoms with Crippen molar-refractivity contribution in [3.05, 3.63) is 70.1 Å². The van der Waals surface area contributed by atoms with Gasteiger partial charge < -0.3 is 9.30 Å². The number of benzene rings is 1. The van der Waals surface area contributed by atoms with E-state index in [0.717, 1.165) is 26.6 Å². The number of pyridine rings is 1. The van der Waals surface area contributed by atoms with Crippen molar-refractivity contribution >= 4 is 38.9 Å². The normalized spacial score (nSPS) is 11.3. The zero-order chi connectivity index (χ0) is 18.5. The highest BCUT2D eigenvalue weighted by Crippen LogP contribution is 2.27. The van der Waals surface area contributed by atoms with Gasteiger partial charge in [-0.15, -0.1) is 0 Å². The molecule has 130 valence electrons. The summed E-state index contributed by atoms with van der Waals surface area (Å²) in [5.74, 6) is -0.615. The van der Waals surface area contributed by atoms with E-state index < -0.39 is 5.97 Å². The highest BCUT2D eigenvalue weighted by atomic mass is 79.9. The molecule has 5 nitrogen and oxygen atoms in total. The number of hydrogen-bond donors (Lipinski definition) is 0. The first kappa shape index (κ1) is 17.9. The largest absolute Gasteiger partial charge is 0.462 e. The molecule has 0 aliphatic heterocycles. The lowest BCUT2D eigenvalue weighted by Crippen LogP contribution is -2.05. The summed E-state index contributed by atoms with van der Waals surface area (Å²) < 4.78 is 7.92. The minimum Gasteiger partial charge on any atom is -0.462 e. The van der Waals surface area contributed by atoms with Gasteiger partial charge in [0, 0.05) is 33.3 Å². The van der Waals surface area contributed by atoms with Gasteiger partial charge in [-0.1, -0.05) is 22.0 Å². The fourth-order valence-electron chi connectivity index (χ4n) is 2.71. The van der Waals surface area contributed by atoms with Gasteiger partial charge in [-0.05, 0) is 43.3 Å². The summed E-state index contributed by atoms with van der Waals surface area (Å²) >= 11 is 3.48. The average molecular weight is 410 g/mol. The van der Waals surface area contributed by atoms with Gasteiger partial charge >= 0.3 is 5.97 Å². The highest BCUT2D eigenvalue weighted by Gasteiger charge is 2.14. The quantitative estimate of drug-likeness (QED) is 0.357. The molecule has 0 atom stereocenters. The Bertz CT molecular complexity index is 1020. The van der Waals surface area contributed by atoms with E-state index in [-0.39, 0.29) is 12.2 Å². The Morgan fingerprint density at radius 3 is 2.92 bits per heavy atom. The van der Waals surface area contributed by atoms with E-state index in [1.807, 2.05) is 48.7 Å². The van der Waals surface area contributed by atoms with Gasteiger partial charge in [0.05, 0.1) is 18.8 Å². The summed E-state index contributed by atoms with van der Waals surface area (Å²) in [6.45, 7) is 2.53. The van der Waals surface area contributed by atoms with E-state index in [2.05, 4.69) is 25.5 Å². The molecule has 3 aromatic rings. The van der Waals surface area contributed by atoms with Crippen LogP contribution in [0.3, 0.4) is 0 Å². The fraction of sp³-hybridized carbons (Fsp3) is 0.150. The Labute approximate surface area is 159 Å². The molecular weight excluding hydrogens is 394 g/mol. The smallest absolute Gasteiger partial charge is 0.348 e. The highest BCUT2D eigenvalue weighted by molar-refractivity contribution is 9.10. The Morgan fingerprint density at radius 2 is 2.23 bits per heavy atom. The van der Waals surface area contributed by atoms with Crippen LogP contribution in [0.15, 0.2) is 58.8 Å². The number of nitrogens with zero attached hydrogens (tertiary/aromatic N) is 3. The van der Waals surface area contributed by atoms with Gasteiger partial charge in [-0.25, -0.2) is 4.79 Å². The Morgan fingerprint density at radius 1 is 1.38 bits per heavy atom. The summed E-state index contributed by atoms with van der Waals surface area (Å²) in [5.41, 5.74) is 2.67. The summed E-state index contributed by atoms with van der Waals surface area (Å²) in [6, 6.07) is 13.6. The molecule has 26 heavy (non-hydrogen) atoms. The minimum absolute atomic E-state index is 0.0243. The number of ether oxygens (including phenoxy) is 1. The second-order valence-corrected chi connectivity index (χ2v) is 6.50. The standard InChI is InChI=1S/C20H16BrN3O2/c1-2-26-20(25)14(11-22)9-15-12-24(13-17-5-3-4-8-23-17)19-7-6-16(21)10-18(15)19/h3-10,12H,2,13H2,1H3/b14-9+. The number of nitriles is 1. The molecule has 0 N–H and O–H groups in total. The van der Waals surface area contributed by atoms with E-state index >= 15 is 0 Å². The van der Waals surface area contributed by atoms with Crippen molar-refractivity contribution in [2.24, 2.45) is 0 Å². The number of aromatic nitrogens is 2. The lowest BCUT2D eigenvalue weighted by atomic mass is 10.1. The number of carbonyl (C=O) groups is 1. The third-order valence-corrected chi connectivity index (χ3v) is 4.34. The first-order valence-corrected chi connectivity index (χ1v) is 8.89. The Hall–Kier alpha value is -2.91. The van der Waals surface area contributed by atoms with Gasteiger partial charge in [0.1, 0.15) is 11.6 Å². The first-order valence-electron chi connectivity index (χ1n) is 8.09. The summed E-state index contributed by atoms with van der Waals surface area (Å²) in [6.07, 6.45) is 5.25. The molecule has 2 heterocycles. The molecule has 0 aliphatic rings. The van der Waals surface area contributed by atoms with Gasteiger partial charge in [0.25, 0.3) is 0 Å². The van der Waals surface area contributed by atoms with Crippen LogP contribution in [0, 0.1) is 11.3 Å². The molecule has 0 radical (unpaired) electrons. The molecule has 3 rings (SSSR count). The van der Waals surface area contributed by atoms with Gasteiger partial charge in [0.2, 0.25) is 0 Å². The molecule has 0 spiro atoms. The number of fused-ring (bicyclic) bond motifs is 1. The fourth-order valence-corrected chi connectivity index (χ4v) is 3.07. The third-order valence-electron chi connectivity index (χ3n) is 3.85. The lowest BCUT2D eigenvalue weighted by molar-refractivity contribution is -0.137. The van der Waals surface area contributed by atoms with Crippen LogP contribution >= 0.6 is 15.9 Å². The number of rotatable bonds is 5. The molecule has 0 amide bonds. The van der Waals surface area contributed by atoms with Crippen LogP contribution in [0.2, 0.25) is 0 Å². The number of esters is 1. The van der Waals surface area contributed by atoms with Crippen molar-refractivity contribution in [1.82, 2.24) is 9.55 Å². The summed E-state index contributed by atoms with van der Waals surface area (Å²) in [7, 11) is 0. The molecule has 0 saturated heterocycles. The van der Waals surface area contributed by atoms with Gasteiger partial charge in [-0.3, -0.25) is 4.98 Å². The van der Waals surface area contributed by atoms with Gasteiger partial charge in [0.15, 0.2) is 0 Å². The predicted octanol–water partition coefficient (Wildman–Crippen LogP) is 4.32. The van der Waals surface area contributed by atoms with Crippen LogP contribution in [0.4, 0.5) is 0 Å². The SMILES string of the molecule is CCOC(=O)/C(C#N)=C/c1cn(Cc2ccccn2)c2ccc(Br)cc12. The molecule has 0 saturated carbocycles. The van der Waals surface area contributed by atoms with Crippen molar-refractivity contribution in [3.63, 3.8) is 0 Å². The van der Waals surface area contributed by atoms with E-state index in [4.69, 9.17) is 4.74 Å². The molecule has 6 heteroatoms. The predicted molar refractivity (Wildman–Crippen MR) is 103 cm³/mol. The molecule has 0 fully saturated rings. The van der Waals surface area contributed by atoms with Crippen LogP contribution in [0.1, 0.15) is 18.2 Å². The topological polar surface area (TPSA) is 67.9 Å². The van der Waals surface area contributed by atoms with Crippen molar-refractivity contribution in [3.8, 4) is 6.07 Å². The van der Waals surface area contributed by atoms with Crippen LogP contribution in [-0.4, -0.2) is 22.1 Å². The maximum Gasteiger partial charge on any atom is 0.348 e. The van der Waals surface area contributed by atoms with E-state index in [1.165, 1.54) is 0 Å². The third kappa shape index (κ3) is 3.84. The monoisotopic (exact) mass is 409 g/mol. The second kappa shape index (κ2) is 7.98. The second-order valence-electron chi connectivity index (χ2n) is 5.59. The molecular formula is C20H16BrN3O2. The van der Waals surface area contributed by atoms with Crippen molar-refractivity contribution in [2.45, 2.75) is 13.5 Å². The Balaban J connectivity index is 2.09. The molecule has 0 unspecified atom stereocenters. The lowest BCUT2D eigenvalue weighted by Gasteiger charge is -2.04. The minimum atomic E-state index is -0.615. The molecule has 0 aliphatic carbocycles. The van der Waals surface area contributed by atoms with E-state index in [9.17, 15) is 10.1 Å². The van der Waals surface area contributed by atoms with Crippen molar-refractivity contribution < 1.29 is 9.53 Å². The number of halogens is 1. The average Bonchev–Trinajstić information content (AvgIpc) is 2.97. The summed E-state index contributed by atoms with van der Waals surface area (Å²) in [5, 5.41) is 10.2. The maximum absolute atomic E-state index is 11.9. The molecule has 2 aromatic heterocycles. The zero-order valence-electron chi connectivity index (χ0n) is 14.1. The Kier molecular flexibility index (Phi) is 5.49. The van der Waals surface area contributed by atoms with E-state index in [0.29, 0.717) is 6.54 Å². The molecule has 1 aromatic carbocycles. The van der Waals surface area contributed by atoms with Crippen molar-refractivity contribution in [1.29, 1.82) is 5.26 Å². The van der Waals surface area contributed by atoms with Crippen molar-refractivity contribution in [2.75, 3.05) is 6.61 Å². The van der Waals surface area contributed by atoms with E-state index in [1.54, 1.807) is 19.2 Å². The van der Waals surface area contributed by atoms with Crippen LogP contribution in [0.25, 0.3) is 17.0 Å². The number of carbonyl (C=O) groups excluding carboxylic acids is 1. The first-order chi connectivity index (χ1) is 12.6. The van der Waals surface area contributed by atoms with Crippen LogP contribution in [0.5, 0.6) is 0 Å². The zero-order valence-corrected chi connectivity index (χ0v) is 15.7. The maximum atomic E-state index is 11.9. The molecule has 0 bridgehead atoms. The van der Waals surface area contributed by atoms with Crippen LogP contribution < -0.4 is 0 Å². The van der Waals surface area contributed by atoms with Gasteiger partial charge in [-0.2, -0.15) is 5.26 Å². The van der Waals surface area contributed by atoms with Crippen LogP contribution in [-0.2, 0) is 16.1 Å².